The van der Waals surface area contributed by atoms with Crippen molar-refractivity contribution in [1.29, 1.82) is 0 Å². The molecule has 0 atom stereocenters. The molecule has 1 amide bonds. The predicted octanol–water partition coefficient (Wildman–Crippen LogP) is 5.82. The molecule has 1 aliphatic heterocycles. The van der Waals surface area contributed by atoms with Gasteiger partial charge in [-0.2, -0.15) is 0 Å². The van der Waals surface area contributed by atoms with E-state index in [1.165, 1.54) is 11.8 Å². The number of aliphatic imine (C=N–C) groups is 1. The monoisotopic (exact) mass is 444 g/mol. The number of rotatable bonds is 6. The van der Waals surface area contributed by atoms with Gasteiger partial charge in [-0.3, -0.25) is 9.69 Å². The van der Waals surface area contributed by atoms with Gasteiger partial charge in [0.15, 0.2) is 16.7 Å². The summed E-state index contributed by atoms with van der Waals surface area (Å²) < 4.78 is 10.8. The largest absolute Gasteiger partial charge is 0.493 e. The Labute approximate surface area is 192 Å². The molecule has 1 saturated heterocycles. The first-order valence-corrected chi connectivity index (χ1v) is 11.0. The molecule has 0 aromatic heterocycles. The SMILES string of the molecule is COc1cc(C)c(/C=C2\SC(=Nc3ccccc3)N(Cc3ccccc3)C2=O)cc1OC. The fraction of sp³-hybridized carbons (Fsp3) is 0.154. The molecule has 0 unspecified atom stereocenters. The van der Waals surface area contributed by atoms with Crippen molar-refractivity contribution >= 4 is 34.6 Å². The number of hydrogen-bond acceptors (Lipinski definition) is 5. The fourth-order valence-corrected chi connectivity index (χ4v) is 4.39. The molecule has 32 heavy (non-hydrogen) atoms. The molecular weight excluding hydrogens is 420 g/mol. The molecule has 0 radical (unpaired) electrons. The number of benzene rings is 3. The Morgan fingerprint density at radius 2 is 1.56 bits per heavy atom. The van der Waals surface area contributed by atoms with Gasteiger partial charge in [0.25, 0.3) is 5.91 Å². The number of carbonyl (C=O) groups excluding carboxylic acids is 1. The molecular formula is C26H24N2O3S. The first-order chi connectivity index (χ1) is 15.6. The summed E-state index contributed by atoms with van der Waals surface area (Å²) >= 11 is 1.38. The maximum atomic E-state index is 13.4. The van der Waals surface area contributed by atoms with E-state index in [0.717, 1.165) is 22.4 Å². The summed E-state index contributed by atoms with van der Waals surface area (Å²) in [6.07, 6.45) is 1.90. The minimum absolute atomic E-state index is 0.0669. The Morgan fingerprint density at radius 3 is 2.22 bits per heavy atom. The van der Waals surface area contributed by atoms with E-state index in [1.54, 1.807) is 19.1 Å². The second kappa shape index (κ2) is 9.75. The molecule has 3 aromatic carbocycles. The smallest absolute Gasteiger partial charge is 0.267 e. The summed E-state index contributed by atoms with van der Waals surface area (Å²) in [5, 5.41) is 0.662. The van der Waals surface area contributed by atoms with Gasteiger partial charge < -0.3 is 9.47 Å². The Balaban J connectivity index is 1.73. The van der Waals surface area contributed by atoms with Gasteiger partial charge in [-0.25, -0.2) is 4.99 Å². The Hall–Kier alpha value is -3.51. The van der Waals surface area contributed by atoms with Crippen molar-refractivity contribution in [3.8, 4) is 11.5 Å². The van der Waals surface area contributed by atoms with E-state index in [0.29, 0.717) is 28.1 Å². The van der Waals surface area contributed by atoms with Gasteiger partial charge in [0.2, 0.25) is 0 Å². The summed E-state index contributed by atoms with van der Waals surface area (Å²) in [4.78, 5) is 20.5. The lowest BCUT2D eigenvalue weighted by atomic mass is 10.1. The zero-order chi connectivity index (χ0) is 22.5. The number of amides is 1. The molecule has 0 spiro atoms. The number of carbonyl (C=O) groups is 1. The summed E-state index contributed by atoms with van der Waals surface area (Å²) in [7, 11) is 3.21. The van der Waals surface area contributed by atoms with Gasteiger partial charge >= 0.3 is 0 Å². The van der Waals surface area contributed by atoms with E-state index in [9.17, 15) is 4.79 Å². The Morgan fingerprint density at radius 1 is 0.938 bits per heavy atom. The van der Waals surface area contributed by atoms with E-state index in [1.807, 2.05) is 85.8 Å². The van der Waals surface area contributed by atoms with Crippen LogP contribution in [0.5, 0.6) is 11.5 Å². The van der Waals surface area contributed by atoms with Crippen LogP contribution in [0.3, 0.4) is 0 Å². The quantitative estimate of drug-likeness (QED) is 0.450. The molecule has 162 valence electrons. The van der Waals surface area contributed by atoms with Gasteiger partial charge in [-0.05, 0) is 65.7 Å². The second-order valence-electron chi connectivity index (χ2n) is 7.28. The molecule has 0 bridgehead atoms. The molecule has 0 saturated carbocycles. The van der Waals surface area contributed by atoms with E-state index in [-0.39, 0.29) is 5.91 Å². The summed E-state index contributed by atoms with van der Waals surface area (Å²) in [5.74, 6) is 1.22. The minimum Gasteiger partial charge on any atom is -0.493 e. The Kier molecular flexibility index (Phi) is 6.61. The second-order valence-corrected chi connectivity index (χ2v) is 8.29. The third-order valence-electron chi connectivity index (χ3n) is 5.11. The van der Waals surface area contributed by atoms with Crippen molar-refractivity contribution in [2.24, 2.45) is 4.99 Å². The molecule has 1 heterocycles. The molecule has 3 aromatic rings. The van der Waals surface area contributed by atoms with Crippen molar-refractivity contribution in [2.45, 2.75) is 13.5 Å². The highest BCUT2D eigenvalue weighted by molar-refractivity contribution is 8.18. The van der Waals surface area contributed by atoms with Crippen molar-refractivity contribution in [3.05, 3.63) is 94.4 Å². The predicted molar refractivity (Wildman–Crippen MR) is 130 cm³/mol. The van der Waals surface area contributed by atoms with E-state index >= 15 is 0 Å². The van der Waals surface area contributed by atoms with Crippen molar-refractivity contribution in [2.75, 3.05) is 14.2 Å². The third kappa shape index (κ3) is 4.70. The lowest BCUT2D eigenvalue weighted by Crippen LogP contribution is -2.28. The van der Waals surface area contributed by atoms with Crippen LogP contribution in [0, 0.1) is 6.92 Å². The molecule has 1 fully saturated rings. The van der Waals surface area contributed by atoms with Crippen LogP contribution in [0.2, 0.25) is 0 Å². The lowest BCUT2D eigenvalue weighted by molar-refractivity contribution is -0.122. The first kappa shape index (κ1) is 21.7. The van der Waals surface area contributed by atoms with Gasteiger partial charge in [-0.15, -0.1) is 0 Å². The van der Waals surface area contributed by atoms with Crippen molar-refractivity contribution in [3.63, 3.8) is 0 Å². The van der Waals surface area contributed by atoms with Gasteiger partial charge in [0.05, 0.1) is 31.4 Å². The number of amidine groups is 1. The first-order valence-electron chi connectivity index (χ1n) is 10.2. The number of nitrogens with zero attached hydrogens (tertiary/aromatic N) is 2. The average molecular weight is 445 g/mol. The highest BCUT2D eigenvalue weighted by Crippen LogP contribution is 2.37. The van der Waals surface area contributed by atoms with Crippen LogP contribution in [-0.4, -0.2) is 30.2 Å². The zero-order valence-corrected chi connectivity index (χ0v) is 19.1. The molecule has 1 aliphatic rings. The standard InChI is InChI=1S/C26H24N2O3S/c1-18-14-22(30-2)23(31-3)15-20(18)16-24-25(29)28(17-19-10-6-4-7-11-19)26(32-24)27-21-12-8-5-9-13-21/h4-16H,17H2,1-3H3/b24-16-,27-26?. The summed E-state index contributed by atoms with van der Waals surface area (Å²) in [6, 6.07) is 23.4. The number of ether oxygens (including phenoxy) is 2. The zero-order valence-electron chi connectivity index (χ0n) is 18.2. The van der Waals surface area contributed by atoms with Crippen molar-refractivity contribution < 1.29 is 14.3 Å². The van der Waals surface area contributed by atoms with Crippen LogP contribution < -0.4 is 9.47 Å². The highest BCUT2D eigenvalue weighted by atomic mass is 32.2. The van der Waals surface area contributed by atoms with Crippen molar-refractivity contribution in [1.82, 2.24) is 4.90 Å². The summed E-state index contributed by atoms with van der Waals surface area (Å²) in [5.41, 5.74) is 3.75. The summed E-state index contributed by atoms with van der Waals surface area (Å²) in [6.45, 7) is 2.44. The number of methoxy groups -OCH3 is 2. The normalized spacial score (nSPS) is 16.1. The molecule has 5 nitrogen and oxygen atoms in total. The van der Waals surface area contributed by atoms with E-state index in [2.05, 4.69) is 0 Å². The molecule has 0 aliphatic carbocycles. The van der Waals surface area contributed by atoms with Gasteiger partial charge in [-0.1, -0.05) is 48.5 Å². The Bertz CT molecular complexity index is 1170. The molecule has 0 N–H and O–H groups in total. The van der Waals surface area contributed by atoms with Crippen LogP contribution in [0.15, 0.2) is 82.7 Å². The average Bonchev–Trinajstić information content (AvgIpc) is 3.10. The topological polar surface area (TPSA) is 51.1 Å². The van der Waals surface area contributed by atoms with Crippen LogP contribution in [0.25, 0.3) is 6.08 Å². The van der Waals surface area contributed by atoms with Gasteiger partial charge in [0.1, 0.15) is 0 Å². The third-order valence-corrected chi connectivity index (χ3v) is 6.12. The fourth-order valence-electron chi connectivity index (χ4n) is 3.40. The van der Waals surface area contributed by atoms with Crippen LogP contribution in [-0.2, 0) is 11.3 Å². The number of thioether (sulfide) groups is 1. The van der Waals surface area contributed by atoms with Crippen LogP contribution in [0.1, 0.15) is 16.7 Å². The molecule has 4 rings (SSSR count). The number of aryl methyl sites for hydroxylation is 1. The maximum absolute atomic E-state index is 13.4. The highest BCUT2D eigenvalue weighted by Gasteiger charge is 2.33. The lowest BCUT2D eigenvalue weighted by Gasteiger charge is -2.15. The molecule has 6 heteroatoms. The number of para-hydroxylation sites is 1. The maximum Gasteiger partial charge on any atom is 0.267 e. The van der Waals surface area contributed by atoms with Crippen LogP contribution in [0.4, 0.5) is 5.69 Å². The van der Waals surface area contributed by atoms with Gasteiger partial charge in [0, 0.05) is 0 Å². The van der Waals surface area contributed by atoms with E-state index in [4.69, 9.17) is 14.5 Å². The minimum atomic E-state index is -0.0669. The van der Waals surface area contributed by atoms with E-state index < -0.39 is 0 Å². The van der Waals surface area contributed by atoms with Crippen LogP contribution >= 0.6 is 11.8 Å². The number of hydrogen-bond donors (Lipinski definition) is 0.